The zero-order valence-corrected chi connectivity index (χ0v) is 18.1. The van der Waals surface area contributed by atoms with Gasteiger partial charge in [-0.1, -0.05) is 25.0 Å². The van der Waals surface area contributed by atoms with Gasteiger partial charge < -0.3 is 15.0 Å². The Bertz CT molecular complexity index is 987. The van der Waals surface area contributed by atoms with E-state index in [4.69, 9.17) is 4.74 Å². The number of rotatable bonds is 4. The molecule has 0 aromatic heterocycles. The predicted molar refractivity (Wildman–Crippen MR) is 120 cm³/mol. The lowest BCUT2D eigenvalue weighted by Gasteiger charge is -2.35. The summed E-state index contributed by atoms with van der Waals surface area (Å²) in [5.41, 5.74) is 2.13. The van der Waals surface area contributed by atoms with Gasteiger partial charge in [0.25, 0.3) is 5.91 Å². The molecule has 2 aromatic carbocycles. The lowest BCUT2D eigenvalue weighted by molar-refractivity contribution is -0.138. The lowest BCUT2D eigenvalue weighted by atomic mass is 9.90. The van der Waals surface area contributed by atoms with E-state index in [-0.39, 0.29) is 29.9 Å². The van der Waals surface area contributed by atoms with Crippen LogP contribution < -0.4 is 5.32 Å². The van der Waals surface area contributed by atoms with Crippen molar-refractivity contribution in [1.82, 2.24) is 4.90 Å². The van der Waals surface area contributed by atoms with Gasteiger partial charge in [0.15, 0.2) is 0 Å². The highest BCUT2D eigenvalue weighted by molar-refractivity contribution is 6.04. The monoisotopic (exact) mass is 436 g/mol. The molecule has 2 saturated heterocycles. The number of halogens is 1. The zero-order valence-electron chi connectivity index (χ0n) is 18.1. The van der Waals surface area contributed by atoms with Gasteiger partial charge in [0.1, 0.15) is 5.82 Å². The van der Waals surface area contributed by atoms with Gasteiger partial charge in [-0.05, 0) is 67.6 Å². The number of carbonyl (C=O) groups excluding carboxylic acids is 2. The first-order chi connectivity index (χ1) is 15.6. The standard InChI is InChI=1S/C26H29FN2O3/c27-21-10-8-17(9-11-21)25(30)28-22-7-3-6-19(14-22)24-15-20-16-29(13-12-23(20)32-24)26(31)18-4-1-2-5-18/h3,6-11,14,18,20,23-24H,1-2,4-5,12-13,15-16H2,(H,28,30). The van der Waals surface area contributed by atoms with Gasteiger partial charge in [-0.3, -0.25) is 9.59 Å². The summed E-state index contributed by atoms with van der Waals surface area (Å²) in [5.74, 6) is 0.286. The van der Waals surface area contributed by atoms with E-state index in [0.717, 1.165) is 44.3 Å². The summed E-state index contributed by atoms with van der Waals surface area (Å²) in [6, 6.07) is 13.2. The number of hydrogen-bond donors (Lipinski definition) is 1. The largest absolute Gasteiger partial charge is 0.370 e. The van der Waals surface area contributed by atoms with Crippen molar-refractivity contribution in [2.75, 3.05) is 18.4 Å². The first kappa shape index (κ1) is 21.1. The highest BCUT2D eigenvalue weighted by Crippen LogP contribution is 2.42. The van der Waals surface area contributed by atoms with Gasteiger partial charge in [-0.2, -0.15) is 0 Å². The van der Waals surface area contributed by atoms with Gasteiger partial charge >= 0.3 is 0 Å². The number of carbonyl (C=O) groups is 2. The zero-order chi connectivity index (χ0) is 22.1. The first-order valence-electron chi connectivity index (χ1n) is 11.7. The Morgan fingerprint density at radius 1 is 1.03 bits per heavy atom. The Balaban J connectivity index is 1.22. The maximum absolute atomic E-state index is 13.1. The van der Waals surface area contributed by atoms with E-state index >= 15 is 0 Å². The van der Waals surface area contributed by atoms with Crippen molar-refractivity contribution in [2.24, 2.45) is 11.8 Å². The molecule has 6 heteroatoms. The summed E-state index contributed by atoms with van der Waals surface area (Å²) >= 11 is 0. The van der Waals surface area contributed by atoms with Crippen LogP contribution in [0, 0.1) is 17.7 Å². The number of fused-ring (bicyclic) bond motifs is 1. The fourth-order valence-corrected chi connectivity index (χ4v) is 5.42. The number of amides is 2. The maximum Gasteiger partial charge on any atom is 0.255 e. The summed E-state index contributed by atoms with van der Waals surface area (Å²) in [5, 5.41) is 2.89. The van der Waals surface area contributed by atoms with E-state index < -0.39 is 0 Å². The van der Waals surface area contributed by atoms with Crippen molar-refractivity contribution in [2.45, 2.75) is 50.7 Å². The summed E-state index contributed by atoms with van der Waals surface area (Å²) in [4.78, 5) is 27.4. The molecular formula is C26H29FN2O3. The maximum atomic E-state index is 13.1. The topological polar surface area (TPSA) is 58.6 Å². The molecule has 2 amide bonds. The van der Waals surface area contributed by atoms with Crippen LogP contribution in [0.1, 0.15) is 60.6 Å². The van der Waals surface area contributed by atoms with Gasteiger partial charge in [-0.15, -0.1) is 0 Å². The van der Waals surface area contributed by atoms with Gasteiger partial charge in [-0.25, -0.2) is 4.39 Å². The molecule has 0 radical (unpaired) electrons. The molecule has 3 unspecified atom stereocenters. The molecule has 3 atom stereocenters. The molecule has 1 N–H and O–H groups in total. The second kappa shape index (κ2) is 9.02. The van der Waals surface area contributed by atoms with Gasteiger partial charge in [0, 0.05) is 36.2 Å². The highest BCUT2D eigenvalue weighted by atomic mass is 19.1. The average Bonchev–Trinajstić information content (AvgIpc) is 3.49. The number of ether oxygens (including phenoxy) is 1. The number of hydrogen-bond acceptors (Lipinski definition) is 3. The van der Waals surface area contributed by atoms with Crippen LogP contribution >= 0.6 is 0 Å². The van der Waals surface area contributed by atoms with Crippen LogP contribution in [0.5, 0.6) is 0 Å². The summed E-state index contributed by atoms with van der Waals surface area (Å²) < 4.78 is 19.5. The second-order valence-electron chi connectivity index (χ2n) is 9.30. The molecule has 5 rings (SSSR count). The normalized spacial score (nSPS) is 25.5. The Kier molecular flexibility index (Phi) is 5.96. The Morgan fingerprint density at radius 2 is 1.81 bits per heavy atom. The van der Waals surface area contributed by atoms with Crippen molar-refractivity contribution >= 4 is 17.5 Å². The second-order valence-corrected chi connectivity index (χ2v) is 9.30. The smallest absolute Gasteiger partial charge is 0.255 e. The Labute approximate surface area is 187 Å². The molecule has 1 saturated carbocycles. The molecule has 2 aliphatic heterocycles. The minimum absolute atomic E-state index is 0.0331. The molecular weight excluding hydrogens is 407 g/mol. The summed E-state index contributed by atoms with van der Waals surface area (Å²) in [6.45, 7) is 1.58. The van der Waals surface area contributed by atoms with Crippen molar-refractivity contribution in [3.8, 4) is 0 Å². The van der Waals surface area contributed by atoms with Crippen molar-refractivity contribution in [1.29, 1.82) is 0 Å². The molecule has 0 bridgehead atoms. The van der Waals surface area contributed by atoms with E-state index in [1.165, 1.54) is 37.1 Å². The average molecular weight is 437 g/mol. The molecule has 5 nitrogen and oxygen atoms in total. The van der Waals surface area contributed by atoms with Crippen LogP contribution in [0.3, 0.4) is 0 Å². The SMILES string of the molecule is O=C(Nc1cccc(C2CC3CN(C(=O)C4CCCC4)CCC3O2)c1)c1ccc(F)cc1. The van der Waals surface area contributed by atoms with Crippen molar-refractivity contribution in [3.05, 3.63) is 65.5 Å². The van der Waals surface area contributed by atoms with Crippen molar-refractivity contribution < 1.29 is 18.7 Å². The molecule has 2 heterocycles. The number of likely N-dealkylation sites (tertiary alicyclic amines) is 1. The van der Waals surface area contributed by atoms with Crippen LogP contribution in [0.4, 0.5) is 10.1 Å². The molecule has 1 aliphatic carbocycles. The minimum Gasteiger partial charge on any atom is -0.370 e. The predicted octanol–water partition coefficient (Wildman–Crippen LogP) is 4.95. The molecule has 2 aromatic rings. The third-order valence-corrected chi connectivity index (χ3v) is 7.16. The van der Waals surface area contributed by atoms with Crippen LogP contribution in [0.25, 0.3) is 0 Å². The number of piperidine rings is 1. The van der Waals surface area contributed by atoms with E-state index in [2.05, 4.69) is 10.2 Å². The van der Waals surface area contributed by atoms with E-state index in [0.29, 0.717) is 23.1 Å². The van der Waals surface area contributed by atoms with Crippen LogP contribution in [0.15, 0.2) is 48.5 Å². The fraction of sp³-hybridized carbons (Fsp3) is 0.462. The first-order valence-corrected chi connectivity index (χ1v) is 11.7. The molecule has 168 valence electrons. The Hall–Kier alpha value is -2.73. The molecule has 3 aliphatic rings. The quantitative estimate of drug-likeness (QED) is 0.738. The number of nitrogens with zero attached hydrogens (tertiary/aromatic N) is 1. The van der Waals surface area contributed by atoms with Gasteiger partial charge in [0.2, 0.25) is 5.91 Å². The number of nitrogens with one attached hydrogen (secondary N) is 1. The molecule has 3 fully saturated rings. The summed E-state index contributed by atoms with van der Waals surface area (Å²) in [7, 11) is 0. The fourth-order valence-electron chi connectivity index (χ4n) is 5.42. The highest BCUT2D eigenvalue weighted by Gasteiger charge is 2.41. The minimum atomic E-state index is -0.369. The van der Waals surface area contributed by atoms with Crippen LogP contribution in [0.2, 0.25) is 0 Å². The summed E-state index contributed by atoms with van der Waals surface area (Å²) in [6.07, 6.45) is 6.36. The van der Waals surface area contributed by atoms with E-state index in [1.54, 1.807) is 0 Å². The van der Waals surface area contributed by atoms with Gasteiger partial charge in [0.05, 0.1) is 12.2 Å². The Morgan fingerprint density at radius 3 is 2.59 bits per heavy atom. The molecule has 32 heavy (non-hydrogen) atoms. The van der Waals surface area contributed by atoms with E-state index in [9.17, 15) is 14.0 Å². The third kappa shape index (κ3) is 4.42. The number of benzene rings is 2. The van der Waals surface area contributed by atoms with Crippen molar-refractivity contribution in [3.63, 3.8) is 0 Å². The third-order valence-electron chi connectivity index (χ3n) is 7.16. The van der Waals surface area contributed by atoms with E-state index in [1.807, 2.05) is 24.3 Å². The number of anilines is 1. The van der Waals surface area contributed by atoms with Crippen LogP contribution in [-0.2, 0) is 9.53 Å². The van der Waals surface area contributed by atoms with Crippen LogP contribution in [-0.4, -0.2) is 35.9 Å². The lowest BCUT2D eigenvalue weighted by Crippen LogP contribution is -2.46. The molecule has 0 spiro atoms.